The lowest BCUT2D eigenvalue weighted by atomic mass is 10.1. The first-order chi connectivity index (χ1) is 19.1. The number of hydrogen-bond acceptors (Lipinski definition) is 8. The van der Waals surface area contributed by atoms with Crippen LogP contribution in [0.2, 0.25) is 0 Å². The van der Waals surface area contributed by atoms with Gasteiger partial charge in [-0.1, -0.05) is 6.07 Å². The van der Waals surface area contributed by atoms with Gasteiger partial charge in [-0.2, -0.15) is 4.98 Å². The molecule has 9 nitrogen and oxygen atoms in total. The van der Waals surface area contributed by atoms with Crippen molar-refractivity contribution in [2.45, 2.75) is 19.9 Å². The third-order valence-corrected chi connectivity index (χ3v) is 8.20. The SMILES string of the molecule is CCN(CCN)c1cccc(Nc2nc(-c3cc4c(s3)CCN(C(=O)c3cccnc3)C4)c3cc[nH]c3n2)c1. The molecule has 1 amide bonds. The maximum absolute atomic E-state index is 13.0. The summed E-state index contributed by atoms with van der Waals surface area (Å²) in [5.74, 6) is 0.539. The van der Waals surface area contributed by atoms with Gasteiger partial charge in [-0.05, 0) is 61.4 Å². The van der Waals surface area contributed by atoms with Crippen molar-refractivity contribution in [3.63, 3.8) is 0 Å². The van der Waals surface area contributed by atoms with Gasteiger partial charge in [-0.3, -0.25) is 9.78 Å². The lowest BCUT2D eigenvalue weighted by Crippen LogP contribution is -2.35. The van der Waals surface area contributed by atoms with Crippen molar-refractivity contribution < 1.29 is 4.79 Å². The van der Waals surface area contributed by atoms with Gasteiger partial charge in [0.25, 0.3) is 5.91 Å². The lowest BCUT2D eigenvalue weighted by molar-refractivity contribution is 0.0735. The van der Waals surface area contributed by atoms with Crippen molar-refractivity contribution in [2.75, 3.05) is 36.4 Å². The van der Waals surface area contributed by atoms with Gasteiger partial charge in [0.05, 0.1) is 16.1 Å². The van der Waals surface area contributed by atoms with Crippen molar-refractivity contribution in [1.82, 2.24) is 24.8 Å². The molecule has 4 N–H and O–H groups in total. The highest BCUT2D eigenvalue weighted by Crippen LogP contribution is 2.37. The standard InChI is InChI=1S/C29H30N8OS/c1-2-36(14-10-30)22-7-3-6-21(16-22)33-29-34-26(23-8-12-32-27(23)35-29)25-15-20-18-37(13-9-24(20)39-25)28(38)19-5-4-11-31-17-19/h3-8,11-12,15-17H,2,9-10,13-14,18,30H2,1H3,(H2,32,33,34,35). The van der Waals surface area contributed by atoms with Crippen LogP contribution in [-0.2, 0) is 13.0 Å². The normalized spacial score (nSPS) is 12.9. The molecule has 6 rings (SSSR count). The molecule has 0 unspecified atom stereocenters. The van der Waals surface area contributed by atoms with Crippen molar-refractivity contribution in [1.29, 1.82) is 0 Å². The Morgan fingerprint density at radius 3 is 2.95 bits per heavy atom. The number of amides is 1. The van der Waals surface area contributed by atoms with Crippen LogP contribution in [0.25, 0.3) is 21.6 Å². The van der Waals surface area contributed by atoms with E-state index >= 15 is 0 Å². The van der Waals surface area contributed by atoms with Crippen LogP contribution in [0, 0.1) is 0 Å². The highest BCUT2D eigenvalue weighted by molar-refractivity contribution is 7.15. The predicted molar refractivity (Wildman–Crippen MR) is 157 cm³/mol. The van der Waals surface area contributed by atoms with Crippen molar-refractivity contribution in [3.05, 3.63) is 83.1 Å². The van der Waals surface area contributed by atoms with Gasteiger partial charge < -0.3 is 25.8 Å². The average Bonchev–Trinajstić information content (AvgIpc) is 3.62. The minimum atomic E-state index is 0.0124. The van der Waals surface area contributed by atoms with Gasteiger partial charge in [-0.25, -0.2) is 4.98 Å². The molecule has 1 aliphatic heterocycles. The fourth-order valence-corrected chi connectivity index (χ4v) is 6.18. The molecule has 0 saturated carbocycles. The average molecular weight is 539 g/mol. The monoisotopic (exact) mass is 538 g/mol. The molecule has 0 aliphatic carbocycles. The van der Waals surface area contributed by atoms with Crippen LogP contribution in [0.5, 0.6) is 0 Å². The summed E-state index contributed by atoms with van der Waals surface area (Å²) in [5.41, 5.74) is 11.3. The van der Waals surface area contributed by atoms with E-state index in [1.807, 2.05) is 35.4 Å². The summed E-state index contributed by atoms with van der Waals surface area (Å²) in [5, 5.41) is 4.37. The number of thiophene rings is 1. The fraction of sp³-hybridized carbons (Fsp3) is 0.241. The molecule has 0 saturated heterocycles. The Balaban J connectivity index is 1.29. The van der Waals surface area contributed by atoms with Crippen LogP contribution in [0.15, 0.2) is 67.1 Å². The second-order valence-corrected chi connectivity index (χ2v) is 10.6. The Morgan fingerprint density at radius 1 is 1.21 bits per heavy atom. The molecule has 0 spiro atoms. The van der Waals surface area contributed by atoms with E-state index in [0.717, 1.165) is 52.5 Å². The number of H-pyrrole nitrogens is 1. The van der Waals surface area contributed by atoms with Crippen LogP contribution in [0.4, 0.5) is 17.3 Å². The highest BCUT2D eigenvalue weighted by atomic mass is 32.1. The van der Waals surface area contributed by atoms with Gasteiger partial charge in [-0.15, -0.1) is 11.3 Å². The number of rotatable bonds is 8. The first-order valence-electron chi connectivity index (χ1n) is 13.1. The number of anilines is 3. The number of aromatic nitrogens is 4. The Bertz CT molecular complexity index is 1610. The second-order valence-electron chi connectivity index (χ2n) is 9.46. The fourth-order valence-electron chi connectivity index (χ4n) is 5.02. The number of pyridine rings is 1. The quantitative estimate of drug-likeness (QED) is 0.260. The van der Waals surface area contributed by atoms with Gasteiger partial charge in [0, 0.05) is 73.0 Å². The molecule has 1 aliphatic rings. The predicted octanol–water partition coefficient (Wildman–Crippen LogP) is 4.81. The minimum absolute atomic E-state index is 0.0124. The van der Waals surface area contributed by atoms with Crippen LogP contribution >= 0.6 is 11.3 Å². The topological polar surface area (TPSA) is 116 Å². The molecular weight excluding hydrogens is 508 g/mol. The summed E-state index contributed by atoms with van der Waals surface area (Å²) in [6, 6.07) is 16.0. The second kappa shape index (κ2) is 10.8. The van der Waals surface area contributed by atoms with Crippen LogP contribution in [0.3, 0.4) is 0 Å². The van der Waals surface area contributed by atoms with E-state index in [-0.39, 0.29) is 5.91 Å². The number of nitrogens with one attached hydrogen (secondary N) is 2. The molecule has 0 radical (unpaired) electrons. The van der Waals surface area contributed by atoms with Crippen LogP contribution in [0.1, 0.15) is 27.7 Å². The number of carbonyl (C=O) groups is 1. The maximum atomic E-state index is 13.0. The van der Waals surface area contributed by atoms with E-state index in [0.29, 0.717) is 31.1 Å². The smallest absolute Gasteiger partial charge is 0.255 e. The van der Waals surface area contributed by atoms with Gasteiger partial charge in [0.2, 0.25) is 5.95 Å². The summed E-state index contributed by atoms with van der Waals surface area (Å²) >= 11 is 1.75. The number of nitrogens with zero attached hydrogens (tertiary/aromatic N) is 5. The lowest BCUT2D eigenvalue weighted by Gasteiger charge is -2.26. The van der Waals surface area contributed by atoms with Gasteiger partial charge in [0.15, 0.2) is 0 Å². The third-order valence-electron chi connectivity index (χ3n) is 6.96. The van der Waals surface area contributed by atoms with E-state index in [2.05, 4.69) is 45.3 Å². The van der Waals surface area contributed by atoms with Crippen LogP contribution in [-0.4, -0.2) is 56.9 Å². The minimum Gasteiger partial charge on any atom is -0.370 e. The van der Waals surface area contributed by atoms with Gasteiger partial charge >= 0.3 is 0 Å². The Morgan fingerprint density at radius 2 is 2.13 bits per heavy atom. The number of aromatic amines is 1. The molecular formula is C29H30N8OS. The molecule has 0 bridgehead atoms. The molecule has 4 aromatic heterocycles. The number of nitrogens with two attached hydrogens (primary N) is 1. The Labute approximate surface area is 230 Å². The molecule has 10 heteroatoms. The molecule has 39 heavy (non-hydrogen) atoms. The van der Waals surface area contributed by atoms with E-state index in [9.17, 15) is 4.79 Å². The molecule has 0 fully saturated rings. The first-order valence-corrected chi connectivity index (χ1v) is 13.9. The molecule has 1 aromatic carbocycles. The molecule has 0 atom stereocenters. The summed E-state index contributed by atoms with van der Waals surface area (Å²) in [4.78, 5) is 36.6. The highest BCUT2D eigenvalue weighted by Gasteiger charge is 2.25. The zero-order chi connectivity index (χ0) is 26.8. The zero-order valence-electron chi connectivity index (χ0n) is 21.7. The molecule has 198 valence electrons. The zero-order valence-corrected chi connectivity index (χ0v) is 22.5. The van der Waals surface area contributed by atoms with E-state index < -0.39 is 0 Å². The van der Waals surface area contributed by atoms with E-state index in [1.54, 1.807) is 29.8 Å². The Hall–Kier alpha value is -4.28. The summed E-state index contributed by atoms with van der Waals surface area (Å²) in [6.45, 7) is 5.66. The number of fused-ring (bicyclic) bond motifs is 2. The number of likely N-dealkylation sites (N-methyl/N-ethyl adjacent to an activating group) is 1. The van der Waals surface area contributed by atoms with Crippen molar-refractivity contribution >= 4 is 45.6 Å². The first kappa shape index (κ1) is 25.0. The molecule has 5 heterocycles. The molecule has 5 aromatic rings. The largest absolute Gasteiger partial charge is 0.370 e. The van der Waals surface area contributed by atoms with Crippen LogP contribution < -0.4 is 16.0 Å². The maximum Gasteiger partial charge on any atom is 0.255 e. The van der Waals surface area contributed by atoms with Gasteiger partial charge in [0.1, 0.15) is 5.65 Å². The van der Waals surface area contributed by atoms with E-state index in [1.165, 1.54) is 10.4 Å². The van der Waals surface area contributed by atoms with Crippen molar-refractivity contribution in [2.24, 2.45) is 5.73 Å². The number of hydrogen-bond donors (Lipinski definition) is 3. The number of benzene rings is 1. The third kappa shape index (κ3) is 5.08. The summed E-state index contributed by atoms with van der Waals surface area (Å²) in [7, 11) is 0. The Kier molecular flexibility index (Phi) is 6.95. The number of carbonyl (C=O) groups excluding carboxylic acids is 1. The summed E-state index contributed by atoms with van der Waals surface area (Å²) < 4.78 is 0. The van der Waals surface area contributed by atoms with E-state index in [4.69, 9.17) is 15.7 Å². The summed E-state index contributed by atoms with van der Waals surface area (Å²) in [6.07, 6.45) is 6.02. The van der Waals surface area contributed by atoms with Crippen molar-refractivity contribution in [3.8, 4) is 10.6 Å².